The maximum atomic E-state index is 13.0. The summed E-state index contributed by atoms with van der Waals surface area (Å²) in [4.78, 5) is 29.4. The first-order chi connectivity index (χ1) is 12.4. The number of esters is 1. The molecule has 1 aliphatic carbocycles. The van der Waals surface area contributed by atoms with Crippen molar-refractivity contribution in [3.8, 4) is 0 Å². The molecule has 0 N–H and O–H groups in total. The van der Waals surface area contributed by atoms with Crippen molar-refractivity contribution in [2.24, 2.45) is 0 Å². The molecule has 1 amide bonds. The quantitative estimate of drug-likeness (QED) is 0.760. The van der Waals surface area contributed by atoms with Crippen LogP contribution < -0.4 is 0 Å². The van der Waals surface area contributed by atoms with Crippen molar-refractivity contribution in [3.63, 3.8) is 0 Å². The summed E-state index contributed by atoms with van der Waals surface area (Å²) in [6, 6.07) is 7.99. The topological polar surface area (TPSA) is 49.9 Å². The Morgan fingerprint density at radius 1 is 1.15 bits per heavy atom. The van der Waals surface area contributed by atoms with Crippen LogP contribution in [0, 0.1) is 0 Å². The average Bonchev–Trinajstić information content (AvgIpc) is 2.65. The molecule has 0 spiro atoms. The van der Waals surface area contributed by atoms with Gasteiger partial charge in [-0.15, -0.1) is 0 Å². The molecule has 1 atom stereocenters. The highest BCUT2D eigenvalue weighted by Crippen LogP contribution is 2.29. The molecule has 1 aromatic rings. The molecule has 0 radical (unpaired) electrons. The summed E-state index contributed by atoms with van der Waals surface area (Å²) in [5.74, 6) is -0.534. The molecule has 1 saturated carbocycles. The van der Waals surface area contributed by atoms with Gasteiger partial charge in [0.05, 0.1) is 5.56 Å². The first kappa shape index (κ1) is 18.9. The molecule has 0 aromatic heterocycles. The van der Waals surface area contributed by atoms with E-state index < -0.39 is 11.6 Å². The highest BCUT2D eigenvalue weighted by atomic mass is 16.6. The summed E-state index contributed by atoms with van der Waals surface area (Å²) in [7, 11) is 3.95. The van der Waals surface area contributed by atoms with Gasteiger partial charge in [0, 0.05) is 32.6 Å². The molecule has 1 fully saturated rings. The molecule has 5 nitrogen and oxygen atoms in total. The van der Waals surface area contributed by atoms with Crippen LogP contribution in [0.2, 0.25) is 0 Å². The third-order valence-corrected chi connectivity index (χ3v) is 5.87. The number of cyclic esters (lactones) is 1. The van der Waals surface area contributed by atoms with Crippen LogP contribution >= 0.6 is 0 Å². The molecule has 0 saturated heterocycles. The van der Waals surface area contributed by atoms with Crippen LogP contribution in [-0.4, -0.2) is 60.5 Å². The number of fused-ring (bicyclic) bond motifs is 1. The number of hydrogen-bond donors (Lipinski definition) is 0. The summed E-state index contributed by atoms with van der Waals surface area (Å²) in [5, 5.41) is 0. The third kappa shape index (κ3) is 3.93. The van der Waals surface area contributed by atoms with Gasteiger partial charge in [0.15, 0.2) is 5.60 Å². The van der Waals surface area contributed by atoms with Gasteiger partial charge < -0.3 is 14.5 Å². The van der Waals surface area contributed by atoms with Gasteiger partial charge in [-0.2, -0.15) is 0 Å². The van der Waals surface area contributed by atoms with E-state index in [9.17, 15) is 9.59 Å². The Kier molecular flexibility index (Phi) is 5.66. The van der Waals surface area contributed by atoms with Gasteiger partial charge in [-0.3, -0.25) is 4.79 Å². The van der Waals surface area contributed by atoms with E-state index in [2.05, 4.69) is 11.9 Å². The normalized spacial score (nSPS) is 23.5. The molecule has 26 heavy (non-hydrogen) atoms. The number of rotatable bonds is 5. The minimum absolute atomic E-state index is 0.127. The van der Waals surface area contributed by atoms with E-state index in [-0.39, 0.29) is 5.91 Å². The number of ether oxygens (including phenoxy) is 1. The zero-order valence-corrected chi connectivity index (χ0v) is 16.2. The maximum Gasteiger partial charge on any atom is 0.339 e. The standard InChI is InChI=1S/C21H30N2O3/c1-21(15-16-9-7-8-12-18(16)19(24)26-21)20(25)23(3)14-13-22(2)17-10-5-4-6-11-17/h7-9,12,17H,4-6,10-11,13-15H2,1-3H3. The van der Waals surface area contributed by atoms with Crippen molar-refractivity contribution in [2.75, 3.05) is 27.2 Å². The number of likely N-dealkylation sites (N-methyl/N-ethyl adjacent to an activating group) is 2. The number of carbonyl (C=O) groups excluding carboxylic acids is 2. The van der Waals surface area contributed by atoms with E-state index in [1.807, 2.05) is 18.2 Å². The van der Waals surface area contributed by atoms with Crippen molar-refractivity contribution in [2.45, 2.75) is 57.1 Å². The van der Waals surface area contributed by atoms with Gasteiger partial charge in [-0.25, -0.2) is 4.79 Å². The molecule has 1 unspecified atom stereocenters. The molecule has 1 aliphatic heterocycles. The lowest BCUT2D eigenvalue weighted by molar-refractivity contribution is -0.150. The van der Waals surface area contributed by atoms with Crippen LogP contribution in [0.1, 0.15) is 54.9 Å². The molecule has 1 heterocycles. The monoisotopic (exact) mass is 358 g/mol. The van der Waals surface area contributed by atoms with Crippen molar-refractivity contribution < 1.29 is 14.3 Å². The van der Waals surface area contributed by atoms with E-state index in [1.54, 1.807) is 24.9 Å². The maximum absolute atomic E-state index is 13.0. The fraction of sp³-hybridized carbons (Fsp3) is 0.619. The van der Waals surface area contributed by atoms with Crippen LogP contribution in [0.15, 0.2) is 24.3 Å². The number of nitrogens with zero attached hydrogens (tertiary/aromatic N) is 2. The summed E-state index contributed by atoms with van der Waals surface area (Å²) in [6.07, 6.45) is 6.87. The predicted octanol–water partition coefficient (Wildman–Crippen LogP) is 2.88. The van der Waals surface area contributed by atoms with Gasteiger partial charge in [-0.05, 0) is 38.4 Å². The first-order valence-corrected chi connectivity index (χ1v) is 9.68. The summed E-state index contributed by atoms with van der Waals surface area (Å²) < 4.78 is 5.56. The van der Waals surface area contributed by atoms with Crippen molar-refractivity contribution in [3.05, 3.63) is 35.4 Å². The van der Waals surface area contributed by atoms with Gasteiger partial charge in [0.2, 0.25) is 0 Å². The Hall–Kier alpha value is -1.88. The largest absolute Gasteiger partial charge is 0.445 e. The molecule has 0 bridgehead atoms. The molecule has 3 rings (SSSR count). The molecule has 1 aromatic carbocycles. The van der Waals surface area contributed by atoms with Gasteiger partial charge in [0.1, 0.15) is 0 Å². The second-order valence-electron chi connectivity index (χ2n) is 7.95. The van der Waals surface area contributed by atoms with Crippen molar-refractivity contribution >= 4 is 11.9 Å². The summed E-state index contributed by atoms with van der Waals surface area (Å²) in [5.41, 5.74) is 0.327. The molecular formula is C21H30N2O3. The SMILES string of the molecule is CN(CCN(C)C1CCCCC1)C(=O)C1(C)Cc2ccccc2C(=O)O1. The Bertz CT molecular complexity index is 669. The Morgan fingerprint density at radius 2 is 1.85 bits per heavy atom. The van der Waals surface area contributed by atoms with E-state index in [4.69, 9.17) is 4.74 Å². The first-order valence-electron chi connectivity index (χ1n) is 9.68. The lowest BCUT2D eigenvalue weighted by Crippen LogP contribution is -2.53. The zero-order valence-electron chi connectivity index (χ0n) is 16.2. The Labute approximate surface area is 156 Å². The Balaban J connectivity index is 1.60. The second kappa shape index (κ2) is 7.78. The minimum Gasteiger partial charge on any atom is -0.445 e. The van der Waals surface area contributed by atoms with E-state index in [0.29, 0.717) is 24.6 Å². The lowest BCUT2D eigenvalue weighted by atomic mass is 9.89. The Morgan fingerprint density at radius 3 is 2.58 bits per heavy atom. The van der Waals surface area contributed by atoms with E-state index >= 15 is 0 Å². The van der Waals surface area contributed by atoms with E-state index in [1.165, 1.54) is 32.1 Å². The molecular weight excluding hydrogens is 328 g/mol. The van der Waals surface area contributed by atoms with Gasteiger partial charge >= 0.3 is 5.97 Å². The van der Waals surface area contributed by atoms with Crippen LogP contribution in [-0.2, 0) is 16.0 Å². The minimum atomic E-state index is -1.12. The number of carbonyl (C=O) groups is 2. The van der Waals surface area contributed by atoms with Gasteiger partial charge in [0.25, 0.3) is 5.91 Å². The van der Waals surface area contributed by atoms with Gasteiger partial charge in [-0.1, -0.05) is 37.5 Å². The molecule has 142 valence electrons. The van der Waals surface area contributed by atoms with Crippen LogP contribution in [0.3, 0.4) is 0 Å². The van der Waals surface area contributed by atoms with E-state index in [0.717, 1.165) is 12.1 Å². The van der Waals surface area contributed by atoms with Crippen LogP contribution in [0.5, 0.6) is 0 Å². The smallest absolute Gasteiger partial charge is 0.339 e. The fourth-order valence-corrected chi connectivity index (χ4v) is 4.17. The second-order valence-corrected chi connectivity index (χ2v) is 7.95. The molecule has 5 heteroatoms. The highest BCUT2D eigenvalue weighted by Gasteiger charge is 2.44. The number of hydrogen-bond acceptors (Lipinski definition) is 4. The summed E-state index contributed by atoms with van der Waals surface area (Å²) >= 11 is 0. The number of benzene rings is 1. The zero-order chi connectivity index (χ0) is 18.7. The van der Waals surface area contributed by atoms with Crippen molar-refractivity contribution in [1.82, 2.24) is 9.80 Å². The van der Waals surface area contributed by atoms with Crippen molar-refractivity contribution in [1.29, 1.82) is 0 Å². The molecule has 2 aliphatic rings. The lowest BCUT2D eigenvalue weighted by Gasteiger charge is -2.37. The predicted molar refractivity (Wildman–Crippen MR) is 101 cm³/mol. The summed E-state index contributed by atoms with van der Waals surface area (Å²) in [6.45, 7) is 3.21. The average molecular weight is 358 g/mol. The van der Waals surface area contributed by atoms with Crippen LogP contribution in [0.25, 0.3) is 0 Å². The highest BCUT2D eigenvalue weighted by molar-refractivity contribution is 5.97. The fourth-order valence-electron chi connectivity index (χ4n) is 4.17. The third-order valence-electron chi connectivity index (χ3n) is 5.87. The number of amides is 1. The van der Waals surface area contributed by atoms with Crippen LogP contribution in [0.4, 0.5) is 0 Å².